The quantitative estimate of drug-likeness (QED) is 0.197. The number of pyridine rings is 2. The molecule has 4 fully saturated rings. The number of hydrogen-bond donors (Lipinski definition) is 2. The first-order valence-corrected chi connectivity index (χ1v) is 17.9. The Hall–Kier alpha value is -4.72. The van der Waals surface area contributed by atoms with E-state index in [1.54, 1.807) is 6.20 Å². The molecular formula is C37H38F3N9O2. The van der Waals surface area contributed by atoms with Gasteiger partial charge in [-0.3, -0.25) is 10.00 Å². The fourth-order valence-corrected chi connectivity index (χ4v) is 9.37. The largest absolute Gasteiger partial charge is 0.475 e. The normalized spacial score (nSPS) is 26.8. The lowest BCUT2D eigenvalue weighted by atomic mass is 9.94. The van der Waals surface area contributed by atoms with Crippen LogP contribution in [0.4, 0.5) is 24.8 Å². The molecular weight excluding hydrogens is 659 g/mol. The van der Waals surface area contributed by atoms with Crippen LogP contribution in [0.2, 0.25) is 0 Å². The van der Waals surface area contributed by atoms with E-state index < -0.39 is 29.4 Å². The number of aromatic amines is 1. The van der Waals surface area contributed by atoms with E-state index in [1.165, 1.54) is 18.9 Å². The summed E-state index contributed by atoms with van der Waals surface area (Å²) in [6, 6.07) is 4.45. The van der Waals surface area contributed by atoms with Gasteiger partial charge < -0.3 is 20.1 Å². The number of rotatable bonds is 7. The predicted octanol–water partition coefficient (Wildman–Crippen LogP) is 6.39. The number of benzene rings is 1. The van der Waals surface area contributed by atoms with Gasteiger partial charge in [-0.2, -0.15) is 15.1 Å². The Morgan fingerprint density at radius 2 is 2.00 bits per heavy atom. The Bertz CT molecular complexity index is 2240. The topological polar surface area (TPSA) is 131 Å². The first-order chi connectivity index (χ1) is 24.6. The molecule has 1 spiro atoms. The van der Waals surface area contributed by atoms with Gasteiger partial charge in [-0.05, 0) is 81.5 Å². The fourth-order valence-electron chi connectivity index (χ4n) is 9.37. The lowest BCUT2D eigenvalue weighted by Gasteiger charge is -2.35. The highest BCUT2D eigenvalue weighted by atomic mass is 19.1. The van der Waals surface area contributed by atoms with Gasteiger partial charge in [0.1, 0.15) is 53.4 Å². The van der Waals surface area contributed by atoms with Gasteiger partial charge in [-0.25, -0.2) is 23.1 Å². The van der Waals surface area contributed by atoms with E-state index in [9.17, 15) is 8.78 Å². The maximum atomic E-state index is 17.5. The molecule has 14 heteroatoms. The molecule has 7 heterocycles. The van der Waals surface area contributed by atoms with Crippen LogP contribution in [-0.2, 0) is 0 Å². The number of nitrogens with two attached hydrogens (primary N) is 1. The zero-order chi connectivity index (χ0) is 34.8. The van der Waals surface area contributed by atoms with Gasteiger partial charge in [0.05, 0.1) is 35.5 Å². The van der Waals surface area contributed by atoms with Crippen LogP contribution in [0.5, 0.6) is 11.9 Å². The minimum Gasteiger partial charge on any atom is -0.475 e. The van der Waals surface area contributed by atoms with E-state index in [0.29, 0.717) is 41.2 Å². The molecule has 2 aliphatic carbocycles. The van der Waals surface area contributed by atoms with Crippen LogP contribution >= 0.6 is 0 Å². The summed E-state index contributed by atoms with van der Waals surface area (Å²) in [7, 11) is 0. The second-order valence-electron chi connectivity index (χ2n) is 15.3. The minimum absolute atomic E-state index is 0.00872. The number of fused-ring (bicyclic) bond motifs is 2. The number of aromatic nitrogens is 6. The summed E-state index contributed by atoms with van der Waals surface area (Å²) < 4.78 is 59.5. The van der Waals surface area contributed by atoms with E-state index >= 15 is 4.39 Å². The van der Waals surface area contributed by atoms with Crippen molar-refractivity contribution in [3.63, 3.8) is 0 Å². The highest BCUT2D eigenvalue weighted by Gasteiger charge is 2.63. The number of alkyl halides is 1. The zero-order valence-electron chi connectivity index (χ0n) is 28.4. The minimum atomic E-state index is -0.939. The van der Waals surface area contributed by atoms with Crippen molar-refractivity contribution < 1.29 is 22.6 Å². The first-order valence-electron chi connectivity index (χ1n) is 17.9. The number of halogens is 3. The maximum Gasteiger partial charge on any atom is 0.319 e. The van der Waals surface area contributed by atoms with Gasteiger partial charge >= 0.3 is 6.01 Å². The zero-order valence-corrected chi connectivity index (χ0v) is 28.4. The maximum absolute atomic E-state index is 17.5. The number of anilines is 2. The molecule has 0 bridgehead atoms. The number of hydrogen-bond acceptors (Lipinski definition) is 10. The fraction of sp³-hybridized carbons (Fsp3) is 0.486. The lowest BCUT2D eigenvalue weighted by molar-refractivity contribution is 0.107. The molecule has 4 aromatic heterocycles. The van der Waals surface area contributed by atoms with Crippen LogP contribution < -0.4 is 20.1 Å². The number of nitrogens with one attached hydrogen (secondary N) is 1. The van der Waals surface area contributed by atoms with E-state index in [4.69, 9.17) is 30.2 Å². The van der Waals surface area contributed by atoms with Crippen molar-refractivity contribution in [2.24, 2.45) is 5.41 Å². The van der Waals surface area contributed by atoms with Crippen molar-refractivity contribution in [1.82, 2.24) is 35.0 Å². The molecule has 51 heavy (non-hydrogen) atoms. The Morgan fingerprint density at radius 3 is 2.82 bits per heavy atom. The summed E-state index contributed by atoms with van der Waals surface area (Å²) in [5, 5.41) is 8.37. The standard InChI is InChI=1S/C37H38F3N9O2/c1-18-16-50-34-28-31(29(40)30(44-34)27-22(25-12-36(25)7-8-36)4-5-26-24(27)14-43-47-26)45-35(51-17-37-6-3-9-48(37)15-21(39)11-37)46-33(28)49(18)19(2)23-10-20(38)13-42-32(23)41/h4-5,10,13-14,18-19,21,25H,3,6-9,11-12,15-17H2,1-2H3,(H2,41,42)(H,43,47)/t18-,19?,21?,25?,37-/m0/s1. The van der Waals surface area contributed by atoms with E-state index in [1.807, 2.05) is 24.8 Å². The Balaban J connectivity index is 1.17. The summed E-state index contributed by atoms with van der Waals surface area (Å²) >= 11 is 0. The number of nitrogens with zero attached hydrogens (tertiary/aromatic N) is 7. The molecule has 3 aliphatic heterocycles. The molecule has 2 saturated carbocycles. The summed E-state index contributed by atoms with van der Waals surface area (Å²) in [5.74, 6) is -0.180. The second-order valence-corrected chi connectivity index (χ2v) is 15.3. The third kappa shape index (κ3) is 4.70. The number of nitrogen functional groups attached to an aromatic ring is 1. The number of ether oxygens (including phenoxy) is 2. The van der Waals surface area contributed by atoms with Crippen LogP contribution in [0.3, 0.4) is 0 Å². The summed E-state index contributed by atoms with van der Waals surface area (Å²) in [4.78, 5) is 22.7. The smallest absolute Gasteiger partial charge is 0.319 e. The third-order valence-corrected chi connectivity index (χ3v) is 12.3. The third-order valence-electron chi connectivity index (χ3n) is 12.3. The molecule has 0 radical (unpaired) electrons. The van der Waals surface area contributed by atoms with Crippen molar-refractivity contribution in [1.29, 1.82) is 0 Å². The SMILES string of the molecule is CC(c1cc(F)cnc1N)N1c2nc(OC[C@@]34CCCN3CC(F)C4)nc3c(F)c(-c4c(C5CC56CC6)ccc5[nH]ncc45)nc(c23)OC[C@@H]1C. The van der Waals surface area contributed by atoms with Gasteiger partial charge in [0.2, 0.25) is 5.88 Å². The molecule has 1 aromatic carbocycles. The Kier molecular flexibility index (Phi) is 6.63. The number of H-pyrrole nitrogens is 1. The summed E-state index contributed by atoms with van der Waals surface area (Å²) in [6.07, 6.45) is 7.34. The van der Waals surface area contributed by atoms with E-state index in [0.717, 1.165) is 48.5 Å². The lowest BCUT2D eigenvalue weighted by Crippen LogP contribution is -2.43. The van der Waals surface area contributed by atoms with E-state index in [-0.39, 0.29) is 53.6 Å². The summed E-state index contributed by atoms with van der Waals surface area (Å²) in [5.41, 5.74) is 9.16. The molecule has 0 amide bonds. The molecule has 11 nitrogen and oxygen atoms in total. The van der Waals surface area contributed by atoms with Crippen LogP contribution in [0.15, 0.2) is 30.6 Å². The van der Waals surface area contributed by atoms with E-state index in [2.05, 4.69) is 26.1 Å². The second kappa shape index (κ2) is 10.9. The monoisotopic (exact) mass is 697 g/mol. The molecule has 5 atom stereocenters. The predicted molar refractivity (Wildman–Crippen MR) is 184 cm³/mol. The van der Waals surface area contributed by atoms with Crippen molar-refractivity contribution in [3.05, 3.63) is 53.4 Å². The summed E-state index contributed by atoms with van der Waals surface area (Å²) in [6.45, 7) is 5.30. The highest BCUT2D eigenvalue weighted by Crippen LogP contribution is 2.75. The molecule has 2 saturated heterocycles. The molecule has 10 rings (SSSR count). The average Bonchev–Trinajstić information content (AvgIpc) is 3.88. The van der Waals surface area contributed by atoms with Crippen LogP contribution in [0, 0.1) is 17.0 Å². The van der Waals surface area contributed by atoms with Crippen LogP contribution in [0.25, 0.3) is 33.1 Å². The average molecular weight is 698 g/mol. The van der Waals surface area contributed by atoms with Crippen molar-refractivity contribution in [2.75, 3.05) is 36.9 Å². The van der Waals surface area contributed by atoms with Crippen LogP contribution in [-0.4, -0.2) is 79.1 Å². The van der Waals surface area contributed by atoms with Gasteiger partial charge in [0.25, 0.3) is 0 Å². The van der Waals surface area contributed by atoms with Crippen molar-refractivity contribution in [3.8, 4) is 23.1 Å². The highest BCUT2D eigenvalue weighted by molar-refractivity contribution is 6.01. The van der Waals surface area contributed by atoms with Crippen molar-refractivity contribution in [2.45, 2.75) is 82.1 Å². The first kappa shape index (κ1) is 31.1. The molecule has 5 aromatic rings. The van der Waals surface area contributed by atoms with Crippen molar-refractivity contribution >= 4 is 33.4 Å². The molecule has 264 valence electrons. The molecule has 5 aliphatic rings. The van der Waals surface area contributed by atoms with Gasteiger partial charge in [0.15, 0.2) is 5.82 Å². The van der Waals surface area contributed by atoms with Gasteiger partial charge in [0, 0.05) is 29.5 Å². The Morgan fingerprint density at radius 1 is 1.14 bits per heavy atom. The van der Waals surface area contributed by atoms with Crippen LogP contribution in [0.1, 0.15) is 75.5 Å². The molecule has 3 N–H and O–H groups in total. The van der Waals surface area contributed by atoms with Gasteiger partial charge in [-0.15, -0.1) is 0 Å². The Labute approximate surface area is 291 Å². The molecule has 3 unspecified atom stereocenters. The van der Waals surface area contributed by atoms with Gasteiger partial charge in [-0.1, -0.05) is 6.07 Å².